The van der Waals surface area contributed by atoms with E-state index < -0.39 is 11.5 Å². The van der Waals surface area contributed by atoms with Crippen LogP contribution >= 0.6 is 12.4 Å². The van der Waals surface area contributed by atoms with Crippen molar-refractivity contribution in [2.75, 3.05) is 11.9 Å². The van der Waals surface area contributed by atoms with Crippen molar-refractivity contribution < 1.29 is 9.90 Å². The molecular formula is C14H19ClN4O2. The van der Waals surface area contributed by atoms with E-state index in [0.717, 1.165) is 5.52 Å². The molecular weight excluding hydrogens is 292 g/mol. The Morgan fingerprint density at radius 3 is 2.76 bits per heavy atom. The van der Waals surface area contributed by atoms with E-state index in [0.29, 0.717) is 23.3 Å². The number of hydrogen-bond acceptors (Lipinski definition) is 5. The van der Waals surface area contributed by atoms with E-state index in [1.165, 1.54) is 0 Å². The number of nitrogens with zero attached hydrogens (tertiary/aromatic N) is 2. The van der Waals surface area contributed by atoms with Crippen LogP contribution in [0.25, 0.3) is 11.0 Å². The average molecular weight is 311 g/mol. The summed E-state index contributed by atoms with van der Waals surface area (Å²) in [4.78, 5) is 19.7. The molecule has 21 heavy (non-hydrogen) atoms. The van der Waals surface area contributed by atoms with Crippen molar-refractivity contribution in [3.8, 4) is 0 Å². The summed E-state index contributed by atoms with van der Waals surface area (Å²) in [5.74, 6) is -0.437. The minimum absolute atomic E-state index is 0. The Morgan fingerprint density at radius 1 is 1.43 bits per heavy atom. The summed E-state index contributed by atoms with van der Waals surface area (Å²) in [6.07, 6.45) is 3.35. The van der Waals surface area contributed by atoms with Crippen LogP contribution in [-0.2, 0) is 11.2 Å². The Bertz CT molecular complexity index is 640. The number of rotatable bonds is 5. The van der Waals surface area contributed by atoms with Crippen molar-refractivity contribution in [3.63, 3.8) is 0 Å². The largest absolute Gasteiger partial charge is 0.389 e. The second-order valence-corrected chi connectivity index (χ2v) is 5.34. The molecule has 4 N–H and O–H groups in total. The van der Waals surface area contributed by atoms with E-state index in [2.05, 4.69) is 15.3 Å². The highest BCUT2D eigenvalue weighted by Gasteiger charge is 2.16. The molecule has 0 fully saturated rings. The van der Waals surface area contributed by atoms with Gasteiger partial charge in [-0.25, -0.2) is 0 Å². The van der Waals surface area contributed by atoms with Gasteiger partial charge in [0, 0.05) is 24.5 Å². The Hall–Kier alpha value is -1.92. The molecule has 2 aromatic heterocycles. The van der Waals surface area contributed by atoms with E-state index in [-0.39, 0.29) is 18.8 Å². The first-order chi connectivity index (χ1) is 9.37. The number of aromatic nitrogens is 2. The third-order valence-electron chi connectivity index (χ3n) is 2.77. The van der Waals surface area contributed by atoms with Gasteiger partial charge in [-0.2, -0.15) is 0 Å². The SMILES string of the molecule is CC(C)(O)CNc1c(CC(N)=O)cnc2cccnc12.Cl. The van der Waals surface area contributed by atoms with Crippen LogP contribution in [0, 0.1) is 0 Å². The smallest absolute Gasteiger partial charge is 0.221 e. The van der Waals surface area contributed by atoms with E-state index in [1.807, 2.05) is 6.07 Å². The number of pyridine rings is 2. The maximum atomic E-state index is 11.2. The highest BCUT2D eigenvalue weighted by atomic mass is 35.5. The number of aliphatic hydroxyl groups is 1. The van der Waals surface area contributed by atoms with Crippen LogP contribution in [0.2, 0.25) is 0 Å². The molecule has 0 aromatic carbocycles. The first-order valence-corrected chi connectivity index (χ1v) is 6.34. The van der Waals surface area contributed by atoms with Crippen LogP contribution in [-0.4, -0.2) is 33.1 Å². The fraction of sp³-hybridized carbons (Fsp3) is 0.357. The van der Waals surface area contributed by atoms with Gasteiger partial charge in [0.2, 0.25) is 5.91 Å². The zero-order chi connectivity index (χ0) is 14.8. The third kappa shape index (κ3) is 4.54. The van der Waals surface area contributed by atoms with Gasteiger partial charge in [-0.3, -0.25) is 14.8 Å². The highest BCUT2D eigenvalue weighted by molar-refractivity contribution is 5.91. The van der Waals surface area contributed by atoms with Gasteiger partial charge in [-0.05, 0) is 26.0 Å². The summed E-state index contributed by atoms with van der Waals surface area (Å²) >= 11 is 0. The molecule has 0 aliphatic rings. The van der Waals surface area contributed by atoms with Gasteiger partial charge in [-0.15, -0.1) is 12.4 Å². The molecule has 1 amide bonds. The van der Waals surface area contributed by atoms with Gasteiger partial charge in [0.1, 0.15) is 5.52 Å². The Balaban J connectivity index is 0.00000220. The summed E-state index contributed by atoms with van der Waals surface area (Å²) in [5.41, 5.74) is 7.12. The Labute approximate surface area is 129 Å². The second-order valence-electron chi connectivity index (χ2n) is 5.34. The molecule has 0 saturated heterocycles. The van der Waals surface area contributed by atoms with Gasteiger partial charge in [0.25, 0.3) is 0 Å². The van der Waals surface area contributed by atoms with Gasteiger partial charge in [-0.1, -0.05) is 0 Å². The lowest BCUT2D eigenvalue weighted by Gasteiger charge is -2.20. The summed E-state index contributed by atoms with van der Waals surface area (Å²) in [6.45, 7) is 3.73. The number of carbonyl (C=O) groups excluding carboxylic acids is 1. The van der Waals surface area contributed by atoms with Gasteiger partial charge < -0.3 is 16.2 Å². The average Bonchev–Trinajstić information content (AvgIpc) is 2.35. The molecule has 0 aliphatic heterocycles. The second kappa shape index (κ2) is 6.69. The van der Waals surface area contributed by atoms with Gasteiger partial charge in [0.15, 0.2) is 0 Å². The third-order valence-corrected chi connectivity index (χ3v) is 2.77. The molecule has 0 atom stereocenters. The van der Waals surface area contributed by atoms with Crippen LogP contribution in [0.4, 0.5) is 5.69 Å². The molecule has 0 aliphatic carbocycles. The predicted octanol–water partition coefficient (Wildman–Crippen LogP) is 1.26. The molecule has 114 valence electrons. The number of carbonyl (C=O) groups is 1. The van der Waals surface area contributed by atoms with E-state index in [1.54, 1.807) is 32.3 Å². The number of nitrogens with one attached hydrogen (secondary N) is 1. The zero-order valence-electron chi connectivity index (χ0n) is 12.0. The monoisotopic (exact) mass is 310 g/mol. The number of anilines is 1. The number of amides is 1. The minimum atomic E-state index is -0.881. The number of hydrogen-bond donors (Lipinski definition) is 3. The van der Waals surface area contributed by atoms with Crippen LogP contribution in [0.3, 0.4) is 0 Å². The topological polar surface area (TPSA) is 101 Å². The van der Waals surface area contributed by atoms with Crippen molar-refractivity contribution in [2.24, 2.45) is 5.73 Å². The van der Waals surface area contributed by atoms with E-state index in [4.69, 9.17) is 5.73 Å². The summed E-state index contributed by atoms with van der Waals surface area (Å²) in [6, 6.07) is 3.63. The van der Waals surface area contributed by atoms with Gasteiger partial charge >= 0.3 is 0 Å². The number of nitrogens with two attached hydrogens (primary N) is 1. The van der Waals surface area contributed by atoms with Crippen molar-refractivity contribution >= 4 is 35.0 Å². The van der Waals surface area contributed by atoms with E-state index >= 15 is 0 Å². The van der Waals surface area contributed by atoms with Crippen molar-refractivity contribution in [1.82, 2.24) is 9.97 Å². The van der Waals surface area contributed by atoms with Crippen LogP contribution < -0.4 is 11.1 Å². The fourth-order valence-electron chi connectivity index (χ4n) is 1.88. The maximum absolute atomic E-state index is 11.2. The molecule has 0 unspecified atom stereocenters. The molecule has 0 radical (unpaired) electrons. The predicted molar refractivity (Wildman–Crippen MR) is 84.5 cm³/mol. The first-order valence-electron chi connectivity index (χ1n) is 6.34. The quantitative estimate of drug-likeness (QED) is 0.772. The van der Waals surface area contributed by atoms with Crippen LogP contribution in [0.1, 0.15) is 19.4 Å². The highest BCUT2D eigenvalue weighted by Crippen LogP contribution is 2.25. The van der Waals surface area contributed by atoms with Gasteiger partial charge in [0.05, 0.1) is 23.2 Å². The number of primary amides is 1. The molecule has 7 heteroatoms. The molecule has 0 bridgehead atoms. The number of halogens is 1. The molecule has 2 aromatic rings. The molecule has 0 spiro atoms. The van der Waals surface area contributed by atoms with Crippen LogP contribution in [0.5, 0.6) is 0 Å². The maximum Gasteiger partial charge on any atom is 0.221 e. The lowest BCUT2D eigenvalue weighted by molar-refractivity contribution is -0.117. The van der Waals surface area contributed by atoms with Crippen molar-refractivity contribution in [1.29, 1.82) is 0 Å². The molecule has 6 nitrogen and oxygen atoms in total. The summed E-state index contributed by atoms with van der Waals surface area (Å²) in [5, 5.41) is 13.0. The van der Waals surface area contributed by atoms with Crippen molar-refractivity contribution in [3.05, 3.63) is 30.1 Å². The Morgan fingerprint density at radius 2 is 2.14 bits per heavy atom. The Kier molecular flexibility index (Phi) is 5.46. The summed E-state index contributed by atoms with van der Waals surface area (Å²) in [7, 11) is 0. The minimum Gasteiger partial charge on any atom is -0.389 e. The normalized spacial score (nSPS) is 11.0. The lowest BCUT2D eigenvalue weighted by Crippen LogP contribution is -2.30. The lowest BCUT2D eigenvalue weighted by atomic mass is 10.1. The van der Waals surface area contributed by atoms with Crippen LogP contribution in [0.15, 0.2) is 24.5 Å². The first kappa shape index (κ1) is 17.1. The molecule has 2 rings (SSSR count). The van der Waals surface area contributed by atoms with E-state index in [9.17, 15) is 9.90 Å². The fourth-order valence-corrected chi connectivity index (χ4v) is 1.88. The standard InChI is InChI=1S/C14H18N4O2.ClH/c1-14(2,20)8-18-12-9(6-11(15)19)7-17-10-4-3-5-16-13(10)12;/h3-5,7,20H,6,8H2,1-2H3,(H2,15,19)(H,17,18);1H. The summed E-state index contributed by atoms with van der Waals surface area (Å²) < 4.78 is 0. The number of fused-ring (bicyclic) bond motifs is 1. The molecule has 2 heterocycles. The van der Waals surface area contributed by atoms with Crippen molar-refractivity contribution in [2.45, 2.75) is 25.9 Å². The molecule has 0 saturated carbocycles. The zero-order valence-corrected chi connectivity index (χ0v) is 12.8.